The van der Waals surface area contributed by atoms with Crippen molar-refractivity contribution in [3.8, 4) is 0 Å². The average molecular weight is 276 g/mol. The highest BCUT2D eigenvalue weighted by Gasteiger charge is 2.22. The standard InChI is InChI=1S/C15H20N2O3/c16-15(20)13-6-2-1-4-11(13)7-8-14(19)17-9-3-5-12(18)10-17/h1-2,4,6,12,18H,3,5,7-10H2,(H2,16,20)/t12-/m0/s1. The Bertz CT molecular complexity index is 502. The van der Waals surface area contributed by atoms with E-state index in [-0.39, 0.29) is 5.91 Å². The molecule has 1 aliphatic rings. The van der Waals surface area contributed by atoms with Gasteiger partial charge in [-0.2, -0.15) is 0 Å². The van der Waals surface area contributed by atoms with Gasteiger partial charge in [-0.15, -0.1) is 0 Å². The van der Waals surface area contributed by atoms with Crippen LogP contribution in [0.25, 0.3) is 0 Å². The molecule has 1 fully saturated rings. The number of primary amides is 1. The lowest BCUT2D eigenvalue weighted by Crippen LogP contribution is -2.42. The summed E-state index contributed by atoms with van der Waals surface area (Å²) in [5.41, 5.74) is 6.58. The monoisotopic (exact) mass is 276 g/mol. The molecular weight excluding hydrogens is 256 g/mol. The van der Waals surface area contributed by atoms with Gasteiger partial charge in [-0.3, -0.25) is 9.59 Å². The van der Waals surface area contributed by atoms with E-state index in [1.165, 1.54) is 0 Å². The fourth-order valence-corrected chi connectivity index (χ4v) is 2.56. The zero-order valence-corrected chi connectivity index (χ0v) is 11.4. The first-order chi connectivity index (χ1) is 9.58. The summed E-state index contributed by atoms with van der Waals surface area (Å²) in [5.74, 6) is -0.454. The number of carbonyl (C=O) groups excluding carboxylic acids is 2. The molecule has 0 aromatic heterocycles. The van der Waals surface area contributed by atoms with Gasteiger partial charge in [-0.05, 0) is 30.9 Å². The average Bonchev–Trinajstić information content (AvgIpc) is 2.45. The topological polar surface area (TPSA) is 83.6 Å². The van der Waals surface area contributed by atoms with Crippen LogP contribution in [0.4, 0.5) is 0 Å². The molecule has 5 heteroatoms. The Labute approximate surface area is 118 Å². The molecule has 0 bridgehead atoms. The largest absolute Gasteiger partial charge is 0.391 e. The van der Waals surface area contributed by atoms with Crippen LogP contribution in [0.2, 0.25) is 0 Å². The van der Waals surface area contributed by atoms with Crippen LogP contribution in [0.15, 0.2) is 24.3 Å². The normalized spacial score (nSPS) is 18.9. The van der Waals surface area contributed by atoms with Crippen LogP contribution in [-0.4, -0.2) is 41.0 Å². The maximum absolute atomic E-state index is 12.1. The lowest BCUT2D eigenvalue weighted by molar-refractivity contribution is -0.134. The number of β-amino-alcohol motifs (C(OH)–C–C–N with tert-alkyl or cyclic N) is 1. The van der Waals surface area contributed by atoms with Crippen molar-refractivity contribution >= 4 is 11.8 Å². The van der Waals surface area contributed by atoms with Crippen LogP contribution in [0.3, 0.4) is 0 Å². The first kappa shape index (κ1) is 14.5. The molecular formula is C15H20N2O3. The number of hydrogen-bond acceptors (Lipinski definition) is 3. The molecule has 0 spiro atoms. The lowest BCUT2D eigenvalue weighted by Gasteiger charge is -2.30. The number of rotatable bonds is 4. The van der Waals surface area contributed by atoms with Crippen LogP contribution < -0.4 is 5.73 Å². The van der Waals surface area contributed by atoms with E-state index in [0.29, 0.717) is 31.5 Å². The minimum absolute atomic E-state index is 0.0167. The van der Waals surface area contributed by atoms with Gasteiger partial charge in [0.1, 0.15) is 0 Å². The van der Waals surface area contributed by atoms with Gasteiger partial charge in [0.2, 0.25) is 11.8 Å². The molecule has 2 amide bonds. The van der Waals surface area contributed by atoms with E-state index in [4.69, 9.17) is 5.73 Å². The first-order valence-corrected chi connectivity index (χ1v) is 6.91. The third kappa shape index (κ3) is 3.57. The van der Waals surface area contributed by atoms with Gasteiger partial charge >= 0.3 is 0 Å². The van der Waals surface area contributed by atoms with Crippen molar-refractivity contribution in [2.45, 2.75) is 31.8 Å². The molecule has 1 aromatic carbocycles. The number of likely N-dealkylation sites (tertiary alicyclic amines) is 1. The number of aliphatic hydroxyl groups excluding tert-OH is 1. The van der Waals surface area contributed by atoms with Crippen molar-refractivity contribution in [2.24, 2.45) is 5.73 Å². The number of carbonyl (C=O) groups is 2. The van der Waals surface area contributed by atoms with E-state index in [1.54, 1.807) is 17.0 Å². The number of piperidine rings is 1. The van der Waals surface area contributed by atoms with Gasteiger partial charge in [0, 0.05) is 25.1 Å². The summed E-state index contributed by atoms with van der Waals surface area (Å²) < 4.78 is 0. The predicted octanol–water partition coefficient (Wildman–Crippen LogP) is 0.701. The minimum atomic E-state index is -0.471. The van der Waals surface area contributed by atoms with Gasteiger partial charge in [0.05, 0.1) is 6.10 Å². The Morgan fingerprint density at radius 3 is 2.80 bits per heavy atom. The third-order valence-corrected chi connectivity index (χ3v) is 3.64. The van der Waals surface area contributed by atoms with Gasteiger partial charge in [-0.1, -0.05) is 18.2 Å². The van der Waals surface area contributed by atoms with Gasteiger partial charge in [0.15, 0.2) is 0 Å². The molecule has 20 heavy (non-hydrogen) atoms. The Balaban J connectivity index is 1.95. The van der Waals surface area contributed by atoms with E-state index < -0.39 is 12.0 Å². The zero-order chi connectivity index (χ0) is 14.5. The Morgan fingerprint density at radius 1 is 1.35 bits per heavy atom. The fourth-order valence-electron chi connectivity index (χ4n) is 2.56. The number of nitrogens with two attached hydrogens (primary N) is 1. The van der Waals surface area contributed by atoms with Crippen LogP contribution in [0.5, 0.6) is 0 Å². The molecule has 2 rings (SSSR count). The van der Waals surface area contributed by atoms with Crippen molar-refractivity contribution in [2.75, 3.05) is 13.1 Å². The number of hydrogen-bond donors (Lipinski definition) is 2. The maximum Gasteiger partial charge on any atom is 0.248 e. The predicted molar refractivity (Wildman–Crippen MR) is 75.1 cm³/mol. The van der Waals surface area contributed by atoms with E-state index in [0.717, 1.165) is 18.4 Å². The van der Waals surface area contributed by atoms with Crippen molar-refractivity contribution in [3.05, 3.63) is 35.4 Å². The number of amides is 2. The van der Waals surface area contributed by atoms with Gasteiger partial charge in [0.25, 0.3) is 0 Å². The molecule has 0 saturated carbocycles. The number of nitrogens with zero attached hydrogens (tertiary/aromatic N) is 1. The summed E-state index contributed by atoms with van der Waals surface area (Å²) in [4.78, 5) is 25.1. The number of benzene rings is 1. The molecule has 1 saturated heterocycles. The van der Waals surface area contributed by atoms with Crippen LogP contribution in [0, 0.1) is 0 Å². The van der Waals surface area contributed by atoms with Crippen molar-refractivity contribution in [3.63, 3.8) is 0 Å². The number of aryl methyl sites for hydroxylation is 1. The second kappa shape index (κ2) is 6.52. The smallest absolute Gasteiger partial charge is 0.248 e. The molecule has 0 unspecified atom stereocenters. The summed E-state index contributed by atoms with van der Waals surface area (Å²) >= 11 is 0. The lowest BCUT2D eigenvalue weighted by atomic mass is 10.0. The van der Waals surface area contributed by atoms with Crippen molar-refractivity contribution in [1.82, 2.24) is 4.90 Å². The van der Waals surface area contributed by atoms with E-state index in [2.05, 4.69) is 0 Å². The Hall–Kier alpha value is -1.88. The summed E-state index contributed by atoms with van der Waals surface area (Å²) in [6.07, 6.45) is 2.01. The van der Waals surface area contributed by atoms with Gasteiger partial charge < -0.3 is 15.7 Å². The van der Waals surface area contributed by atoms with Gasteiger partial charge in [-0.25, -0.2) is 0 Å². The summed E-state index contributed by atoms with van der Waals surface area (Å²) in [6, 6.07) is 7.08. The molecule has 0 aliphatic carbocycles. The molecule has 3 N–H and O–H groups in total. The first-order valence-electron chi connectivity index (χ1n) is 6.91. The SMILES string of the molecule is NC(=O)c1ccccc1CCC(=O)N1CCC[C@H](O)C1. The second-order valence-corrected chi connectivity index (χ2v) is 5.16. The number of aliphatic hydroxyl groups is 1. The highest BCUT2D eigenvalue weighted by molar-refractivity contribution is 5.94. The van der Waals surface area contributed by atoms with Crippen LogP contribution in [0.1, 0.15) is 35.2 Å². The highest BCUT2D eigenvalue weighted by Crippen LogP contribution is 2.14. The Morgan fingerprint density at radius 2 is 2.10 bits per heavy atom. The zero-order valence-electron chi connectivity index (χ0n) is 11.4. The summed E-state index contributed by atoms with van der Waals surface area (Å²) in [7, 11) is 0. The second-order valence-electron chi connectivity index (χ2n) is 5.16. The molecule has 1 aliphatic heterocycles. The van der Waals surface area contributed by atoms with E-state index in [1.807, 2.05) is 12.1 Å². The van der Waals surface area contributed by atoms with Crippen LogP contribution in [-0.2, 0) is 11.2 Å². The van der Waals surface area contributed by atoms with Crippen LogP contribution >= 0.6 is 0 Å². The molecule has 0 radical (unpaired) electrons. The van der Waals surface area contributed by atoms with E-state index in [9.17, 15) is 14.7 Å². The molecule has 1 aromatic rings. The summed E-state index contributed by atoms with van der Waals surface area (Å²) in [6.45, 7) is 1.11. The minimum Gasteiger partial charge on any atom is -0.391 e. The molecule has 1 atom stereocenters. The molecule has 108 valence electrons. The highest BCUT2D eigenvalue weighted by atomic mass is 16.3. The third-order valence-electron chi connectivity index (χ3n) is 3.64. The van der Waals surface area contributed by atoms with E-state index >= 15 is 0 Å². The molecule has 1 heterocycles. The van der Waals surface area contributed by atoms with Crippen molar-refractivity contribution in [1.29, 1.82) is 0 Å². The quantitative estimate of drug-likeness (QED) is 0.849. The van der Waals surface area contributed by atoms with Crippen molar-refractivity contribution < 1.29 is 14.7 Å². The Kier molecular flexibility index (Phi) is 4.74. The molecule has 5 nitrogen and oxygen atoms in total. The maximum atomic E-state index is 12.1. The summed E-state index contributed by atoms with van der Waals surface area (Å²) in [5, 5.41) is 9.58. The fraction of sp³-hybridized carbons (Fsp3) is 0.467.